The second kappa shape index (κ2) is 3.79. The van der Waals surface area contributed by atoms with Gasteiger partial charge in [0, 0.05) is 0 Å². The first-order valence-electron chi connectivity index (χ1n) is 3.29. The van der Waals surface area contributed by atoms with Crippen LogP contribution in [-0.4, -0.2) is 6.18 Å². The summed E-state index contributed by atoms with van der Waals surface area (Å²) in [7, 11) is 1.07. The quantitative estimate of drug-likeness (QED) is 0.512. The van der Waals surface area contributed by atoms with Gasteiger partial charge in [-0.1, -0.05) is 29.0 Å². The van der Waals surface area contributed by atoms with E-state index >= 15 is 0 Å². The fourth-order valence-electron chi connectivity index (χ4n) is 0.942. The normalized spacial score (nSPS) is 24.0. The minimum absolute atomic E-state index is 0.0220. The van der Waals surface area contributed by atoms with Crippen molar-refractivity contribution in [1.82, 2.24) is 0 Å². The van der Waals surface area contributed by atoms with Gasteiger partial charge in [-0.05, 0) is 11.3 Å². The van der Waals surface area contributed by atoms with Crippen LogP contribution >= 0.6 is 22.5 Å². The lowest BCUT2D eigenvalue weighted by atomic mass is 10.0. The topological polar surface area (TPSA) is 0 Å². The van der Waals surface area contributed by atoms with Gasteiger partial charge < -0.3 is 0 Å². The van der Waals surface area contributed by atoms with Gasteiger partial charge in [-0.25, -0.2) is 0 Å². The Hall–Kier alpha value is -0.0300. The maximum absolute atomic E-state index is 12.1. The zero-order valence-electron chi connectivity index (χ0n) is 6.01. The molecule has 0 radical (unpaired) electrons. The third kappa shape index (κ3) is 2.48. The van der Waals surface area contributed by atoms with E-state index in [0.717, 1.165) is 10.8 Å². The number of halogens is 3. The van der Waals surface area contributed by atoms with Crippen LogP contribution in [-0.2, 0) is 0 Å². The molecule has 0 heterocycles. The lowest BCUT2D eigenvalue weighted by Gasteiger charge is -2.19. The van der Waals surface area contributed by atoms with E-state index in [-0.39, 0.29) is 6.42 Å². The molecule has 0 spiro atoms. The standard InChI is InChI=1S/C7H7F3S2/c8-7(9,10)5-2-1-3-6(4-5)12-11/h1-3,5,11H,4H2. The van der Waals surface area contributed by atoms with Crippen molar-refractivity contribution in [2.75, 3.05) is 0 Å². The van der Waals surface area contributed by atoms with Crippen molar-refractivity contribution < 1.29 is 13.2 Å². The molecule has 0 N–H and O–H groups in total. The van der Waals surface area contributed by atoms with Crippen molar-refractivity contribution in [3.63, 3.8) is 0 Å². The molecular weight excluding hydrogens is 205 g/mol. The third-order valence-electron chi connectivity index (χ3n) is 1.58. The molecule has 0 aliphatic heterocycles. The molecule has 1 unspecified atom stereocenters. The first-order chi connectivity index (χ1) is 5.54. The number of allylic oxidation sites excluding steroid dienone is 4. The molecule has 0 amide bonds. The molecule has 1 aliphatic rings. The Bertz CT molecular complexity index is 217. The Labute approximate surface area is 77.7 Å². The number of rotatable bonds is 1. The molecule has 5 heteroatoms. The number of thiol groups is 1. The van der Waals surface area contributed by atoms with E-state index in [1.165, 1.54) is 12.2 Å². The van der Waals surface area contributed by atoms with Gasteiger partial charge in [-0.2, -0.15) is 13.2 Å². The van der Waals surface area contributed by atoms with Crippen LogP contribution in [0.15, 0.2) is 23.1 Å². The average molecular weight is 212 g/mol. The molecule has 0 nitrogen and oxygen atoms in total. The smallest absolute Gasteiger partial charge is 0.170 e. The molecule has 1 atom stereocenters. The summed E-state index contributed by atoms with van der Waals surface area (Å²) in [6.07, 6.45) is 0.154. The summed E-state index contributed by atoms with van der Waals surface area (Å²) >= 11 is 3.85. The van der Waals surface area contributed by atoms with Crippen molar-refractivity contribution in [2.45, 2.75) is 12.6 Å². The van der Waals surface area contributed by atoms with Gasteiger partial charge in [0.1, 0.15) is 0 Å². The molecule has 0 saturated heterocycles. The van der Waals surface area contributed by atoms with E-state index in [4.69, 9.17) is 0 Å². The number of alkyl halides is 3. The highest BCUT2D eigenvalue weighted by atomic mass is 33.1. The second-order valence-electron chi connectivity index (χ2n) is 2.46. The van der Waals surface area contributed by atoms with Gasteiger partial charge in [0.25, 0.3) is 0 Å². The van der Waals surface area contributed by atoms with E-state index in [2.05, 4.69) is 11.7 Å². The lowest BCUT2D eigenvalue weighted by molar-refractivity contribution is -0.160. The summed E-state index contributed by atoms with van der Waals surface area (Å²) < 4.78 is 36.4. The highest BCUT2D eigenvalue weighted by Crippen LogP contribution is 2.38. The maximum atomic E-state index is 12.1. The van der Waals surface area contributed by atoms with Crippen LogP contribution in [0.25, 0.3) is 0 Å². The van der Waals surface area contributed by atoms with Gasteiger partial charge in [0.2, 0.25) is 0 Å². The predicted molar refractivity (Wildman–Crippen MR) is 48.0 cm³/mol. The first kappa shape index (κ1) is 10.1. The molecule has 1 aliphatic carbocycles. The van der Waals surface area contributed by atoms with E-state index in [1.54, 1.807) is 6.08 Å². The Morgan fingerprint density at radius 2 is 2.17 bits per heavy atom. The van der Waals surface area contributed by atoms with Crippen LogP contribution in [0.4, 0.5) is 13.2 Å². The summed E-state index contributed by atoms with van der Waals surface area (Å²) in [6, 6.07) is 0. The average Bonchev–Trinajstić information content (AvgIpc) is 2.03. The van der Waals surface area contributed by atoms with Crippen LogP contribution in [0.3, 0.4) is 0 Å². The summed E-state index contributed by atoms with van der Waals surface area (Å²) in [5, 5.41) is 0. The summed E-state index contributed by atoms with van der Waals surface area (Å²) in [6.45, 7) is 0. The Kier molecular flexibility index (Phi) is 3.17. The molecule has 68 valence electrons. The lowest BCUT2D eigenvalue weighted by Crippen LogP contribution is -2.22. The Morgan fingerprint density at radius 1 is 1.50 bits per heavy atom. The largest absolute Gasteiger partial charge is 0.395 e. The fraction of sp³-hybridized carbons (Fsp3) is 0.429. The van der Waals surface area contributed by atoms with Crippen molar-refractivity contribution in [3.05, 3.63) is 23.1 Å². The summed E-state index contributed by atoms with van der Waals surface area (Å²) in [5.41, 5.74) is 0. The monoisotopic (exact) mass is 212 g/mol. The Balaban J connectivity index is 2.65. The van der Waals surface area contributed by atoms with Gasteiger partial charge >= 0.3 is 6.18 Å². The molecule has 0 bridgehead atoms. The van der Waals surface area contributed by atoms with E-state index in [9.17, 15) is 13.2 Å². The molecule has 0 aromatic heterocycles. The first-order valence-corrected chi connectivity index (χ1v) is 5.16. The molecule has 1 rings (SSSR count). The molecule has 0 fully saturated rings. The van der Waals surface area contributed by atoms with Crippen LogP contribution in [0.2, 0.25) is 0 Å². The van der Waals surface area contributed by atoms with E-state index in [0.29, 0.717) is 4.91 Å². The third-order valence-corrected chi connectivity index (χ3v) is 2.83. The number of hydrogen-bond donors (Lipinski definition) is 1. The van der Waals surface area contributed by atoms with Crippen molar-refractivity contribution in [3.8, 4) is 0 Å². The van der Waals surface area contributed by atoms with Crippen molar-refractivity contribution in [2.24, 2.45) is 5.92 Å². The number of hydrogen-bond acceptors (Lipinski definition) is 2. The SMILES string of the molecule is FC(F)(F)C1C=CC=C(SS)C1. The minimum atomic E-state index is -4.13. The molecule has 0 aromatic rings. The highest BCUT2D eigenvalue weighted by molar-refractivity contribution is 8.70. The van der Waals surface area contributed by atoms with Crippen molar-refractivity contribution in [1.29, 1.82) is 0 Å². The van der Waals surface area contributed by atoms with Gasteiger partial charge in [0.15, 0.2) is 0 Å². The maximum Gasteiger partial charge on any atom is 0.395 e. The zero-order valence-corrected chi connectivity index (χ0v) is 7.72. The predicted octanol–water partition coefficient (Wildman–Crippen LogP) is 3.59. The van der Waals surface area contributed by atoms with Crippen molar-refractivity contribution >= 4 is 22.5 Å². The summed E-state index contributed by atoms with van der Waals surface area (Å²) in [5.74, 6) is -1.34. The molecular formula is C7H7F3S2. The van der Waals surface area contributed by atoms with Gasteiger partial charge in [-0.15, -0.1) is 11.7 Å². The van der Waals surface area contributed by atoms with Gasteiger partial charge in [-0.3, -0.25) is 0 Å². The summed E-state index contributed by atoms with van der Waals surface area (Å²) in [4.78, 5) is 0.656. The fourth-order valence-corrected chi connectivity index (χ4v) is 1.74. The van der Waals surface area contributed by atoms with Crippen LogP contribution in [0.5, 0.6) is 0 Å². The van der Waals surface area contributed by atoms with E-state index in [1.807, 2.05) is 0 Å². The van der Waals surface area contributed by atoms with Crippen LogP contribution in [0.1, 0.15) is 6.42 Å². The zero-order chi connectivity index (χ0) is 9.19. The molecule has 0 aromatic carbocycles. The van der Waals surface area contributed by atoms with Crippen LogP contribution in [0, 0.1) is 5.92 Å². The Morgan fingerprint density at radius 3 is 2.67 bits per heavy atom. The second-order valence-corrected chi connectivity index (χ2v) is 3.72. The van der Waals surface area contributed by atoms with Gasteiger partial charge in [0.05, 0.1) is 5.92 Å². The highest BCUT2D eigenvalue weighted by Gasteiger charge is 2.38. The molecule has 12 heavy (non-hydrogen) atoms. The minimum Gasteiger partial charge on any atom is -0.170 e. The van der Waals surface area contributed by atoms with Crippen LogP contribution < -0.4 is 0 Å². The van der Waals surface area contributed by atoms with E-state index < -0.39 is 12.1 Å². The molecule has 0 saturated carbocycles.